The number of hydrogen-bond donors (Lipinski definition) is 3. The average Bonchev–Trinajstić information content (AvgIpc) is 2.46. The molecule has 120 valence electrons. The van der Waals surface area contributed by atoms with Crippen LogP contribution in [0.1, 0.15) is 26.7 Å². The van der Waals surface area contributed by atoms with E-state index in [1.54, 1.807) is 13.8 Å². The van der Waals surface area contributed by atoms with Crippen LogP contribution in [0.5, 0.6) is 0 Å². The molecule has 0 aromatic heterocycles. The summed E-state index contributed by atoms with van der Waals surface area (Å²) in [5.41, 5.74) is 0.758. The van der Waals surface area contributed by atoms with Gasteiger partial charge in [0, 0.05) is 11.6 Å². The summed E-state index contributed by atoms with van der Waals surface area (Å²) in [6.45, 7) is 6.07. The number of hydrogen-bond acceptors (Lipinski definition) is 4. The molecule has 5 nitrogen and oxygen atoms in total. The van der Waals surface area contributed by atoms with E-state index in [0.717, 1.165) is 37.3 Å². The normalized spacial score (nSPS) is 20.4. The largest absolute Gasteiger partial charge is 0.480 e. The lowest BCUT2D eigenvalue weighted by molar-refractivity contribution is -0.142. The minimum Gasteiger partial charge on any atom is -0.480 e. The van der Waals surface area contributed by atoms with Crippen molar-refractivity contribution in [3.8, 4) is 0 Å². The van der Waals surface area contributed by atoms with E-state index in [0.29, 0.717) is 11.6 Å². The number of carboxylic acid groups (broad SMARTS) is 1. The van der Waals surface area contributed by atoms with E-state index in [9.17, 15) is 9.90 Å². The van der Waals surface area contributed by atoms with E-state index in [-0.39, 0.29) is 5.54 Å². The minimum atomic E-state index is -0.970. The van der Waals surface area contributed by atoms with Crippen molar-refractivity contribution in [2.45, 2.75) is 37.8 Å². The zero-order valence-corrected chi connectivity index (χ0v) is 13.7. The molecule has 3 rings (SSSR count). The van der Waals surface area contributed by atoms with Crippen molar-refractivity contribution < 1.29 is 9.90 Å². The molecule has 3 N–H and O–H groups in total. The number of piperidine rings is 1. The number of rotatable bonds is 2. The van der Waals surface area contributed by atoms with Gasteiger partial charge in [0.15, 0.2) is 0 Å². The van der Waals surface area contributed by atoms with Crippen LogP contribution < -0.4 is 15.5 Å². The molecule has 0 saturated carbocycles. The van der Waals surface area contributed by atoms with Gasteiger partial charge in [-0.1, -0.05) is 11.6 Å². The second-order valence-electron chi connectivity index (χ2n) is 6.77. The first-order valence-electron chi connectivity index (χ1n) is 7.64. The smallest absolute Gasteiger partial charge is 0.328 e. The number of benzene rings is 1. The number of nitrogens with one attached hydrogen (secondary N) is 2. The van der Waals surface area contributed by atoms with E-state index >= 15 is 0 Å². The Balaban J connectivity index is 2.07. The zero-order chi connectivity index (χ0) is 16.0. The number of carboxylic acids is 1. The van der Waals surface area contributed by atoms with Crippen molar-refractivity contribution in [2.24, 2.45) is 0 Å². The first kappa shape index (κ1) is 15.4. The fourth-order valence-electron chi connectivity index (χ4n) is 3.36. The van der Waals surface area contributed by atoms with Crippen LogP contribution in [-0.2, 0) is 4.79 Å². The van der Waals surface area contributed by atoms with Crippen LogP contribution in [0.2, 0.25) is 5.02 Å². The van der Waals surface area contributed by atoms with Crippen LogP contribution in [0.4, 0.5) is 11.4 Å². The van der Waals surface area contributed by atoms with E-state index in [1.165, 1.54) is 0 Å². The molecule has 0 atom stereocenters. The first-order valence-corrected chi connectivity index (χ1v) is 8.01. The van der Waals surface area contributed by atoms with Gasteiger partial charge in [-0.05, 0) is 58.0 Å². The third kappa shape index (κ3) is 2.52. The Hall–Kier alpha value is -1.46. The molecule has 22 heavy (non-hydrogen) atoms. The van der Waals surface area contributed by atoms with Crippen LogP contribution in [0.3, 0.4) is 0 Å². The highest BCUT2D eigenvalue weighted by atomic mass is 35.5. The van der Waals surface area contributed by atoms with Crippen molar-refractivity contribution in [3.05, 3.63) is 23.2 Å². The number of carbonyl (C=O) groups is 1. The molecule has 1 aromatic rings. The molecule has 6 heteroatoms. The number of anilines is 2. The summed E-state index contributed by atoms with van der Waals surface area (Å²) in [7, 11) is 0. The highest BCUT2D eigenvalue weighted by molar-refractivity contribution is 6.31. The van der Waals surface area contributed by atoms with Gasteiger partial charge in [0.05, 0.1) is 16.9 Å². The molecule has 0 amide bonds. The molecule has 1 saturated heterocycles. The Morgan fingerprint density at radius 3 is 2.68 bits per heavy atom. The van der Waals surface area contributed by atoms with Crippen LogP contribution >= 0.6 is 11.6 Å². The maximum Gasteiger partial charge on any atom is 0.328 e. The summed E-state index contributed by atoms with van der Waals surface area (Å²) in [5, 5.41) is 17.3. The van der Waals surface area contributed by atoms with Crippen LogP contribution in [0.25, 0.3) is 0 Å². The molecule has 0 aliphatic carbocycles. The molecular weight excluding hydrogens is 302 g/mol. The topological polar surface area (TPSA) is 64.6 Å². The number of halogens is 1. The maximum absolute atomic E-state index is 11.8. The first-order chi connectivity index (χ1) is 10.3. The number of fused-ring (bicyclic) bond motifs is 1. The van der Waals surface area contributed by atoms with Gasteiger partial charge in [0.1, 0.15) is 5.54 Å². The van der Waals surface area contributed by atoms with Gasteiger partial charge in [-0.25, -0.2) is 4.79 Å². The molecule has 1 aromatic carbocycles. The highest BCUT2D eigenvalue weighted by Gasteiger charge is 2.45. The van der Waals surface area contributed by atoms with Crippen molar-refractivity contribution >= 4 is 28.9 Å². The van der Waals surface area contributed by atoms with Gasteiger partial charge in [-0.3, -0.25) is 0 Å². The Morgan fingerprint density at radius 2 is 2.05 bits per heavy atom. The van der Waals surface area contributed by atoms with Crippen molar-refractivity contribution in [1.29, 1.82) is 0 Å². The van der Waals surface area contributed by atoms with E-state index in [4.69, 9.17) is 11.6 Å². The SMILES string of the molecule is CC(C)(C(=O)O)N1CC2(CCNCC2)Nc2cc(Cl)ccc21. The van der Waals surface area contributed by atoms with E-state index in [2.05, 4.69) is 10.6 Å². The Labute approximate surface area is 135 Å². The quantitative estimate of drug-likeness (QED) is 0.780. The molecule has 0 unspecified atom stereocenters. The maximum atomic E-state index is 11.8. The summed E-state index contributed by atoms with van der Waals surface area (Å²) in [6, 6.07) is 5.61. The fourth-order valence-corrected chi connectivity index (χ4v) is 3.53. The van der Waals surface area contributed by atoms with Crippen molar-refractivity contribution in [2.75, 3.05) is 29.9 Å². The lowest BCUT2D eigenvalue weighted by Gasteiger charge is -2.51. The van der Waals surface area contributed by atoms with Gasteiger partial charge in [0.25, 0.3) is 0 Å². The van der Waals surface area contributed by atoms with Crippen molar-refractivity contribution in [3.63, 3.8) is 0 Å². The second kappa shape index (κ2) is 5.32. The van der Waals surface area contributed by atoms with E-state index in [1.807, 2.05) is 23.1 Å². The van der Waals surface area contributed by atoms with Gasteiger partial charge < -0.3 is 20.6 Å². The second-order valence-corrected chi connectivity index (χ2v) is 7.20. The van der Waals surface area contributed by atoms with E-state index < -0.39 is 11.5 Å². The van der Waals surface area contributed by atoms with Gasteiger partial charge >= 0.3 is 5.97 Å². The fraction of sp³-hybridized carbons (Fsp3) is 0.562. The lowest BCUT2D eigenvalue weighted by atomic mass is 9.83. The Bertz CT molecular complexity index is 597. The lowest BCUT2D eigenvalue weighted by Crippen LogP contribution is -2.63. The zero-order valence-electron chi connectivity index (χ0n) is 12.9. The van der Waals surface area contributed by atoms with Crippen LogP contribution in [0, 0.1) is 0 Å². The number of nitrogens with zero attached hydrogens (tertiary/aromatic N) is 1. The molecule has 0 bridgehead atoms. The summed E-state index contributed by atoms with van der Waals surface area (Å²) in [5.74, 6) is -0.820. The molecule has 0 radical (unpaired) electrons. The third-order valence-corrected chi connectivity index (χ3v) is 5.10. The van der Waals surface area contributed by atoms with Crippen LogP contribution in [0.15, 0.2) is 18.2 Å². The summed E-state index contributed by atoms with van der Waals surface area (Å²) in [6.07, 6.45) is 1.93. The van der Waals surface area contributed by atoms with Crippen molar-refractivity contribution in [1.82, 2.24) is 5.32 Å². The minimum absolute atomic E-state index is 0.102. The standard InChI is InChI=1S/C16H22ClN3O2/c1-15(2,14(21)22)20-10-16(5-7-18-8-6-16)19-12-9-11(17)3-4-13(12)20/h3-4,9,18-19H,5-8,10H2,1-2H3,(H,21,22). The molecule has 1 spiro atoms. The summed E-state index contributed by atoms with van der Waals surface area (Å²) in [4.78, 5) is 13.8. The monoisotopic (exact) mass is 323 g/mol. The molecule has 2 heterocycles. The third-order valence-electron chi connectivity index (χ3n) is 4.87. The molecule has 2 aliphatic rings. The van der Waals surface area contributed by atoms with Gasteiger partial charge in [0.2, 0.25) is 0 Å². The molecular formula is C16H22ClN3O2. The Morgan fingerprint density at radius 1 is 1.36 bits per heavy atom. The molecule has 1 fully saturated rings. The predicted molar refractivity (Wildman–Crippen MR) is 89.0 cm³/mol. The molecule has 2 aliphatic heterocycles. The summed E-state index contributed by atoms with van der Waals surface area (Å²) >= 11 is 6.14. The van der Waals surface area contributed by atoms with Gasteiger partial charge in [-0.15, -0.1) is 0 Å². The highest BCUT2D eigenvalue weighted by Crippen LogP contribution is 2.42. The summed E-state index contributed by atoms with van der Waals surface area (Å²) < 4.78 is 0. The van der Waals surface area contributed by atoms with Crippen LogP contribution in [-0.4, -0.2) is 41.8 Å². The van der Waals surface area contributed by atoms with Gasteiger partial charge in [-0.2, -0.15) is 0 Å². The predicted octanol–water partition coefficient (Wildman–Crippen LogP) is 2.56. The number of aliphatic carboxylic acids is 1. The average molecular weight is 324 g/mol. The Kier molecular flexibility index (Phi) is 3.73.